The van der Waals surface area contributed by atoms with Crippen LogP contribution in [0.2, 0.25) is 0 Å². The van der Waals surface area contributed by atoms with Crippen LogP contribution in [-0.2, 0) is 0 Å². The number of hydrogen-bond donors (Lipinski definition) is 1. The van der Waals surface area contributed by atoms with Crippen LogP contribution in [0.1, 0.15) is 65.7 Å². The van der Waals surface area contributed by atoms with Crippen LogP contribution in [0, 0.1) is 5.92 Å². The van der Waals surface area contributed by atoms with Crippen LogP contribution in [0.4, 0.5) is 0 Å². The lowest BCUT2D eigenvalue weighted by molar-refractivity contribution is 0.149. The zero-order valence-electron chi connectivity index (χ0n) is 13.0. The first-order chi connectivity index (χ1) is 8.72. The van der Waals surface area contributed by atoms with Crippen LogP contribution >= 0.6 is 0 Å². The van der Waals surface area contributed by atoms with Gasteiger partial charge in [-0.05, 0) is 51.6 Å². The Hall–Kier alpha value is -0.0800. The molecule has 2 nitrogen and oxygen atoms in total. The number of nitrogens with zero attached hydrogens (tertiary/aromatic N) is 1. The van der Waals surface area contributed by atoms with Gasteiger partial charge in [0.05, 0.1) is 0 Å². The van der Waals surface area contributed by atoms with Gasteiger partial charge in [0, 0.05) is 18.6 Å². The second-order valence-corrected chi connectivity index (χ2v) is 6.02. The Labute approximate surface area is 115 Å². The summed E-state index contributed by atoms with van der Waals surface area (Å²) in [5, 5.41) is 3.78. The molecule has 2 heteroatoms. The highest BCUT2D eigenvalue weighted by molar-refractivity contribution is 4.83. The third-order valence-electron chi connectivity index (χ3n) is 4.65. The summed E-state index contributed by atoms with van der Waals surface area (Å²) in [6.45, 7) is 9.38. The Morgan fingerprint density at radius 3 is 2.39 bits per heavy atom. The van der Waals surface area contributed by atoms with Crippen molar-refractivity contribution in [2.24, 2.45) is 5.92 Å². The van der Waals surface area contributed by atoms with Gasteiger partial charge in [-0.1, -0.05) is 33.6 Å². The molecule has 0 aromatic rings. The molecule has 0 aliphatic heterocycles. The second kappa shape index (κ2) is 8.92. The fourth-order valence-corrected chi connectivity index (χ4v) is 3.46. The average Bonchev–Trinajstić information content (AvgIpc) is 2.39. The van der Waals surface area contributed by atoms with Gasteiger partial charge >= 0.3 is 0 Å². The molecule has 1 N–H and O–H groups in total. The predicted molar refractivity (Wildman–Crippen MR) is 81.0 cm³/mol. The van der Waals surface area contributed by atoms with Crippen molar-refractivity contribution in [3.05, 3.63) is 0 Å². The van der Waals surface area contributed by atoms with Crippen molar-refractivity contribution in [2.75, 3.05) is 20.1 Å². The molecule has 1 fully saturated rings. The first-order valence-corrected chi connectivity index (χ1v) is 8.16. The predicted octanol–water partition coefficient (Wildman–Crippen LogP) is 3.67. The highest BCUT2D eigenvalue weighted by Gasteiger charge is 2.26. The molecule has 108 valence electrons. The van der Waals surface area contributed by atoms with Crippen LogP contribution in [0.15, 0.2) is 0 Å². The number of nitrogens with one attached hydrogen (secondary N) is 1. The molecular formula is C16H34N2. The number of rotatable bonds is 8. The molecule has 1 aliphatic carbocycles. The lowest BCUT2D eigenvalue weighted by Gasteiger charge is -2.37. The molecule has 2 unspecified atom stereocenters. The van der Waals surface area contributed by atoms with E-state index in [4.69, 9.17) is 0 Å². The van der Waals surface area contributed by atoms with Crippen LogP contribution in [0.25, 0.3) is 0 Å². The standard InChI is InChI=1S/C16H34N2/c1-5-12-17-16-11-9-8-10-14(16)13-18(4)15(6-2)7-3/h14-17H,5-13H2,1-4H3. The summed E-state index contributed by atoms with van der Waals surface area (Å²) < 4.78 is 0. The van der Waals surface area contributed by atoms with Crippen molar-refractivity contribution in [3.8, 4) is 0 Å². The molecule has 0 amide bonds. The molecule has 1 aliphatic rings. The summed E-state index contributed by atoms with van der Waals surface area (Å²) in [5.41, 5.74) is 0. The molecule has 1 saturated carbocycles. The molecule has 0 bridgehead atoms. The fourth-order valence-electron chi connectivity index (χ4n) is 3.46. The topological polar surface area (TPSA) is 15.3 Å². The summed E-state index contributed by atoms with van der Waals surface area (Å²) in [7, 11) is 2.32. The van der Waals surface area contributed by atoms with Crippen molar-refractivity contribution in [1.29, 1.82) is 0 Å². The van der Waals surface area contributed by atoms with Gasteiger partial charge in [-0.2, -0.15) is 0 Å². The van der Waals surface area contributed by atoms with Gasteiger partial charge in [0.2, 0.25) is 0 Å². The fraction of sp³-hybridized carbons (Fsp3) is 1.00. The maximum atomic E-state index is 3.78. The summed E-state index contributed by atoms with van der Waals surface area (Å²) in [6, 6.07) is 1.55. The second-order valence-electron chi connectivity index (χ2n) is 6.02. The van der Waals surface area contributed by atoms with Crippen molar-refractivity contribution in [1.82, 2.24) is 10.2 Å². The molecule has 1 rings (SSSR count). The Morgan fingerprint density at radius 1 is 1.11 bits per heavy atom. The molecule has 0 heterocycles. The van der Waals surface area contributed by atoms with E-state index in [0.717, 1.165) is 18.0 Å². The average molecular weight is 254 g/mol. The van der Waals surface area contributed by atoms with Crippen LogP contribution in [-0.4, -0.2) is 37.1 Å². The van der Waals surface area contributed by atoms with Crippen LogP contribution in [0.3, 0.4) is 0 Å². The Kier molecular flexibility index (Phi) is 7.92. The third kappa shape index (κ3) is 4.89. The van der Waals surface area contributed by atoms with Gasteiger partial charge in [0.25, 0.3) is 0 Å². The molecule has 2 atom stereocenters. The monoisotopic (exact) mass is 254 g/mol. The smallest absolute Gasteiger partial charge is 0.0107 e. The minimum atomic E-state index is 0.774. The zero-order valence-corrected chi connectivity index (χ0v) is 13.0. The normalized spacial score (nSPS) is 25.0. The van der Waals surface area contributed by atoms with E-state index < -0.39 is 0 Å². The van der Waals surface area contributed by atoms with E-state index in [1.54, 1.807) is 0 Å². The molecular weight excluding hydrogens is 220 g/mol. The van der Waals surface area contributed by atoms with E-state index >= 15 is 0 Å². The quantitative estimate of drug-likeness (QED) is 0.711. The summed E-state index contributed by atoms with van der Waals surface area (Å²) in [6.07, 6.45) is 9.50. The summed E-state index contributed by atoms with van der Waals surface area (Å²) in [4.78, 5) is 2.61. The Bertz CT molecular complexity index is 201. The minimum absolute atomic E-state index is 0.774. The van der Waals surface area contributed by atoms with E-state index in [1.807, 2.05) is 0 Å². The van der Waals surface area contributed by atoms with Gasteiger partial charge in [0.1, 0.15) is 0 Å². The molecule has 0 aromatic carbocycles. The van der Waals surface area contributed by atoms with E-state index in [-0.39, 0.29) is 0 Å². The summed E-state index contributed by atoms with van der Waals surface area (Å²) >= 11 is 0. The van der Waals surface area contributed by atoms with Gasteiger partial charge < -0.3 is 10.2 Å². The van der Waals surface area contributed by atoms with Crippen molar-refractivity contribution in [3.63, 3.8) is 0 Å². The van der Waals surface area contributed by atoms with Gasteiger partial charge in [-0.25, -0.2) is 0 Å². The molecule has 0 radical (unpaired) electrons. The molecule has 0 spiro atoms. The zero-order chi connectivity index (χ0) is 13.4. The third-order valence-corrected chi connectivity index (χ3v) is 4.65. The van der Waals surface area contributed by atoms with Gasteiger partial charge in [-0.3, -0.25) is 0 Å². The molecule has 18 heavy (non-hydrogen) atoms. The largest absolute Gasteiger partial charge is 0.314 e. The SMILES string of the molecule is CCCNC1CCCCC1CN(C)C(CC)CC. The summed E-state index contributed by atoms with van der Waals surface area (Å²) in [5.74, 6) is 0.871. The number of hydrogen-bond acceptors (Lipinski definition) is 2. The van der Waals surface area contributed by atoms with Gasteiger partial charge in [-0.15, -0.1) is 0 Å². The Balaban J connectivity index is 2.45. The van der Waals surface area contributed by atoms with Crippen molar-refractivity contribution < 1.29 is 0 Å². The first-order valence-electron chi connectivity index (χ1n) is 8.16. The van der Waals surface area contributed by atoms with E-state index in [1.165, 1.54) is 58.0 Å². The lowest BCUT2D eigenvalue weighted by atomic mass is 9.83. The Morgan fingerprint density at radius 2 is 1.78 bits per heavy atom. The first kappa shape index (κ1) is 16.0. The highest BCUT2D eigenvalue weighted by atomic mass is 15.1. The van der Waals surface area contributed by atoms with Gasteiger partial charge in [0.15, 0.2) is 0 Å². The maximum absolute atomic E-state index is 3.78. The maximum Gasteiger partial charge on any atom is 0.0107 e. The van der Waals surface area contributed by atoms with E-state index in [0.29, 0.717) is 0 Å². The molecule has 0 aromatic heterocycles. The van der Waals surface area contributed by atoms with Crippen molar-refractivity contribution >= 4 is 0 Å². The lowest BCUT2D eigenvalue weighted by Crippen LogP contribution is -2.45. The van der Waals surface area contributed by atoms with Crippen LogP contribution in [0.5, 0.6) is 0 Å². The van der Waals surface area contributed by atoms with E-state index in [9.17, 15) is 0 Å². The highest BCUT2D eigenvalue weighted by Crippen LogP contribution is 2.26. The minimum Gasteiger partial charge on any atom is -0.314 e. The van der Waals surface area contributed by atoms with Crippen LogP contribution < -0.4 is 5.32 Å². The van der Waals surface area contributed by atoms with E-state index in [2.05, 4.69) is 38.0 Å². The van der Waals surface area contributed by atoms with Crippen molar-refractivity contribution in [2.45, 2.75) is 77.8 Å². The molecule has 0 saturated heterocycles.